The van der Waals surface area contributed by atoms with Gasteiger partial charge in [-0.15, -0.1) is 0 Å². The van der Waals surface area contributed by atoms with Gasteiger partial charge in [-0.1, -0.05) is 18.2 Å². The van der Waals surface area contributed by atoms with Crippen LogP contribution in [0.3, 0.4) is 0 Å². The van der Waals surface area contributed by atoms with Crippen molar-refractivity contribution < 1.29 is 4.42 Å². The minimum absolute atomic E-state index is 0.596. The molecule has 0 bridgehead atoms. The first-order chi connectivity index (χ1) is 10.3. The minimum atomic E-state index is 0.596. The molecule has 2 heterocycles. The molecule has 0 saturated carbocycles. The molecule has 106 valence electrons. The highest BCUT2D eigenvalue weighted by molar-refractivity contribution is 5.57. The van der Waals surface area contributed by atoms with Gasteiger partial charge in [0.25, 0.3) is 0 Å². The van der Waals surface area contributed by atoms with E-state index < -0.39 is 0 Å². The number of nitrogens with zero attached hydrogens (tertiary/aromatic N) is 3. The van der Waals surface area contributed by atoms with E-state index in [4.69, 9.17) is 4.42 Å². The standard InChI is InChI=1S/C16H16N4O/c1-20(13-6-3-2-4-7-13)16-17-10-9-15(19-16)18-12-14-8-5-11-21-14/h2-11H,12H2,1H3,(H,17,18,19). The molecule has 0 atom stereocenters. The van der Waals surface area contributed by atoms with Crippen molar-refractivity contribution in [3.8, 4) is 0 Å². The fraction of sp³-hybridized carbons (Fsp3) is 0.125. The van der Waals surface area contributed by atoms with Crippen molar-refractivity contribution in [3.63, 3.8) is 0 Å². The number of anilines is 3. The zero-order valence-corrected chi connectivity index (χ0v) is 11.7. The van der Waals surface area contributed by atoms with Crippen LogP contribution in [0, 0.1) is 0 Å². The monoisotopic (exact) mass is 280 g/mol. The lowest BCUT2D eigenvalue weighted by Crippen LogP contribution is -2.13. The number of aromatic nitrogens is 2. The third kappa shape index (κ3) is 3.20. The van der Waals surface area contributed by atoms with Gasteiger partial charge in [0.2, 0.25) is 5.95 Å². The zero-order chi connectivity index (χ0) is 14.5. The lowest BCUT2D eigenvalue weighted by molar-refractivity contribution is 0.518. The molecule has 0 aliphatic heterocycles. The molecule has 3 aromatic rings. The molecule has 0 radical (unpaired) electrons. The highest BCUT2D eigenvalue weighted by atomic mass is 16.3. The van der Waals surface area contributed by atoms with Gasteiger partial charge in [-0.25, -0.2) is 4.98 Å². The predicted molar refractivity (Wildman–Crippen MR) is 82.6 cm³/mol. The average molecular weight is 280 g/mol. The van der Waals surface area contributed by atoms with Crippen molar-refractivity contribution in [2.45, 2.75) is 6.54 Å². The molecule has 0 aliphatic rings. The van der Waals surface area contributed by atoms with Crippen LogP contribution in [0.4, 0.5) is 17.5 Å². The Hall–Kier alpha value is -2.82. The molecule has 0 amide bonds. The second-order valence-corrected chi connectivity index (χ2v) is 4.57. The summed E-state index contributed by atoms with van der Waals surface area (Å²) < 4.78 is 5.29. The topological polar surface area (TPSA) is 54.2 Å². The molecule has 0 unspecified atom stereocenters. The molecule has 21 heavy (non-hydrogen) atoms. The molecule has 3 rings (SSSR count). The van der Waals surface area contributed by atoms with Crippen LogP contribution in [-0.4, -0.2) is 17.0 Å². The lowest BCUT2D eigenvalue weighted by atomic mass is 10.3. The van der Waals surface area contributed by atoms with E-state index in [0.717, 1.165) is 17.3 Å². The quantitative estimate of drug-likeness (QED) is 0.775. The number of rotatable bonds is 5. The summed E-state index contributed by atoms with van der Waals surface area (Å²) in [4.78, 5) is 10.8. The van der Waals surface area contributed by atoms with Crippen molar-refractivity contribution in [3.05, 3.63) is 66.8 Å². The summed E-state index contributed by atoms with van der Waals surface area (Å²) in [5.41, 5.74) is 1.04. The van der Waals surface area contributed by atoms with E-state index in [-0.39, 0.29) is 0 Å². The van der Waals surface area contributed by atoms with Crippen LogP contribution in [0.25, 0.3) is 0 Å². The van der Waals surface area contributed by atoms with E-state index in [1.54, 1.807) is 12.5 Å². The van der Waals surface area contributed by atoms with Crippen molar-refractivity contribution in [1.82, 2.24) is 9.97 Å². The molecular formula is C16H16N4O. The third-order valence-corrected chi connectivity index (χ3v) is 3.11. The van der Waals surface area contributed by atoms with E-state index >= 15 is 0 Å². The molecule has 0 spiro atoms. The maximum absolute atomic E-state index is 5.29. The summed E-state index contributed by atoms with van der Waals surface area (Å²) in [5.74, 6) is 2.27. The van der Waals surface area contributed by atoms with E-state index in [0.29, 0.717) is 12.5 Å². The summed E-state index contributed by atoms with van der Waals surface area (Å²) in [7, 11) is 1.95. The predicted octanol–water partition coefficient (Wildman–Crippen LogP) is 3.45. The second kappa shape index (κ2) is 6.09. The van der Waals surface area contributed by atoms with Gasteiger partial charge in [-0.2, -0.15) is 4.98 Å². The van der Waals surface area contributed by atoms with Crippen molar-refractivity contribution >= 4 is 17.5 Å². The fourth-order valence-electron chi connectivity index (χ4n) is 1.97. The van der Waals surface area contributed by atoms with Crippen LogP contribution in [0.1, 0.15) is 5.76 Å². The Balaban J connectivity index is 1.73. The largest absolute Gasteiger partial charge is 0.467 e. The van der Waals surface area contributed by atoms with Crippen LogP contribution >= 0.6 is 0 Å². The summed E-state index contributed by atoms with van der Waals surface area (Å²) in [6, 6.07) is 15.6. The van der Waals surface area contributed by atoms with Crippen molar-refractivity contribution in [2.75, 3.05) is 17.3 Å². The van der Waals surface area contributed by atoms with Gasteiger partial charge in [0.15, 0.2) is 0 Å². The van der Waals surface area contributed by atoms with Gasteiger partial charge in [0.05, 0.1) is 12.8 Å². The van der Waals surface area contributed by atoms with Crippen molar-refractivity contribution in [2.24, 2.45) is 0 Å². The smallest absolute Gasteiger partial charge is 0.231 e. The average Bonchev–Trinajstić information content (AvgIpc) is 3.07. The number of furan rings is 1. The first-order valence-corrected chi connectivity index (χ1v) is 6.71. The van der Waals surface area contributed by atoms with Gasteiger partial charge < -0.3 is 14.6 Å². The molecule has 5 heteroatoms. The van der Waals surface area contributed by atoms with Gasteiger partial charge >= 0.3 is 0 Å². The lowest BCUT2D eigenvalue weighted by Gasteiger charge is -2.17. The van der Waals surface area contributed by atoms with Crippen molar-refractivity contribution in [1.29, 1.82) is 0 Å². The maximum Gasteiger partial charge on any atom is 0.231 e. The molecule has 5 nitrogen and oxygen atoms in total. The Morgan fingerprint density at radius 3 is 2.71 bits per heavy atom. The first kappa shape index (κ1) is 13.2. The highest BCUT2D eigenvalue weighted by Crippen LogP contribution is 2.20. The van der Waals surface area contributed by atoms with Crippen LogP contribution in [0.5, 0.6) is 0 Å². The maximum atomic E-state index is 5.29. The number of nitrogens with one attached hydrogen (secondary N) is 1. The fourth-order valence-corrected chi connectivity index (χ4v) is 1.97. The SMILES string of the molecule is CN(c1ccccc1)c1nccc(NCc2ccco2)n1. The summed E-state index contributed by atoms with van der Waals surface area (Å²) >= 11 is 0. The number of para-hydroxylation sites is 1. The Kier molecular flexibility index (Phi) is 3.82. The third-order valence-electron chi connectivity index (χ3n) is 3.11. The van der Waals surface area contributed by atoms with Crippen LogP contribution < -0.4 is 10.2 Å². The van der Waals surface area contributed by atoms with Gasteiger partial charge in [-0.3, -0.25) is 0 Å². The van der Waals surface area contributed by atoms with Crippen LogP contribution in [0.15, 0.2) is 65.4 Å². The molecular weight excluding hydrogens is 264 g/mol. The van der Waals surface area contributed by atoms with E-state index in [9.17, 15) is 0 Å². The summed E-state index contributed by atoms with van der Waals surface area (Å²) in [6.07, 6.45) is 3.40. The van der Waals surface area contributed by atoms with Crippen LogP contribution in [-0.2, 0) is 6.54 Å². The molecule has 1 N–H and O–H groups in total. The Morgan fingerprint density at radius 2 is 1.95 bits per heavy atom. The molecule has 2 aromatic heterocycles. The molecule has 1 aromatic carbocycles. The minimum Gasteiger partial charge on any atom is -0.467 e. The first-order valence-electron chi connectivity index (χ1n) is 6.71. The van der Waals surface area contributed by atoms with Gasteiger partial charge in [-0.05, 0) is 30.3 Å². The van der Waals surface area contributed by atoms with Crippen LogP contribution in [0.2, 0.25) is 0 Å². The molecule has 0 saturated heterocycles. The number of hydrogen-bond acceptors (Lipinski definition) is 5. The Morgan fingerprint density at radius 1 is 1.10 bits per heavy atom. The van der Waals surface area contributed by atoms with E-state index in [2.05, 4.69) is 15.3 Å². The summed E-state index contributed by atoms with van der Waals surface area (Å²) in [6.45, 7) is 0.596. The van der Waals surface area contributed by atoms with Gasteiger partial charge in [0, 0.05) is 18.9 Å². The Bertz CT molecular complexity index is 683. The molecule has 0 aliphatic carbocycles. The van der Waals surface area contributed by atoms with E-state index in [1.165, 1.54) is 0 Å². The normalized spacial score (nSPS) is 10.3. The summed E-state index contributed by atoms with van der Waals surface area (Å²) in [5, 5.41) is 3.22. The highest BCUT2D eigenvalue weighted by Gasteiger charge is 2.07. The number of benzene rings is 1. The second-order valence-electron chi connectivity index (χ2n) is 4.57. The van der Waals surface area contributed by atoms with E-state index in [1.807, 2.05) is 60.5 Å². The zero-order valence-electron chi connectivity index (χ0n) is 11.7. The molecule has 0 fully saturated rings. The Labute approximate surface area is 123 Å². The number of hydrogen-bond donors (Lipinski definition) is 1. The van der Waals surface area contributed by atoms with Gasteiger partial charge in [0.1, 0.15) is 11.6 Å².